The van der Waals surface area contributed by atoms with Crippen molar-refractivity contribution in [1.82, 2.24) is 0 Å². The molecule has 0 aliphatic heterocycles. The molecule has 1 rings (SSSR count). The van der Waals surface area contributed by atoms with Gasteiger partial charge < -0.3 is 9.84 Å². The topological polar surface area (TPSA) is 29.5 Å². The van der Waals surface area contributed by atoms with Gasteiger partial charge >= 0.3 is 0 Å². The van der Waals surface area contributed by atoms with E-state index in [1.54, 1.807) is 0 Å². The van der Waals surface area contributed by atoms with Crippen molar-refractivity contribution >= 4 is 0 Å². The smallest absolute Gasteiger partial charge is 0.0826 e. The Kier molecular flexibility index (Phi) is 6.12. The largest absolute Gasteiger partial charge is 0.391 e. The molecule has 0 spiro atoms. The molecule has 0 fully saturated rings. The average molecular weight is 222 g/mol. The fraction of sp³-hybridized carbons (Fsp3) is 0.571. The minimum Gasteiger partial charge on any atom is -0.391 e. The first-order chi connectivity index (χ1) is 7.77. The zero-order chi connectivity index (χ0) is 11.8. The zero-order valence-electron chi connectivity index (χ0n) is 10.2. The van der Waals surface area contributed by atoms with E-state index in [4.69, 9.17) is 4.74 Å². The maximum atomic E-state index is 9.50. The maximum Gasteiger partial charge on any atom is 0.0826 e. The van der Waals surface area contributed by atoms with Crippen molar-refractivity contribution in [2.24, 2.45) is 0 Å². The third-order valence-electron chi connectivity index (χ3n) is 2.68. The van der Waals surface area contributed by atoms with Crippen molar-refractivity contribution in [1.29, 1.82) is 0 Å². The number of hydrogen-bond donors (Lipinski definition) is 1. The molecule has 0 aliphatic rings. The average Bonchev–Trinajstić information content (AvgIpc) is 2.35. The highest BCUT2D eigenvalue weighted by molar-refractivity contribution is 5.17. The number of ether oxygens (including phenoxy) is 1. The van der Waals surface area contributed by atoms with Crippen molar-refractivity contribution in [3.63, 3.8) is 0 Å². The molecule has 0 saturated heterocycles. The maximum absolute atomic E-state index is 9.50. The number of aliphatic hydroxyl groups is 1. The molecule has 0 aromatic heterocycles. The molecule has 90 valence electrons. The van der Waals surface area contributed by atoms with Crippen molar-refractivity contribution < 1.29 is 9.84 Å². The molecule has 2 nitrogen and oxygen atoms in total. The molecule has 2 atom stereocenters. The summed E-state index contributed by atoms with van der Waals surface area (Å²) in [6.45, 7) is 4.54. The Morgan fingerprint density at radius 1 is 1.19 bits per heavy atom. The predicted octanol–water partition coefficient (Wildman–Crippen LogP) is 3.32. The van der Waals surface area contributed by atoms with Gasteiger partial charge in [-0.3, -0.25) is 0 Å². The van der Waals surface area contributed by atoms with Crippen molar-refractivity contribution in [2.75, 3.05) is 6.61 Å². The van der Waals surface area contributed by atoms with Crippen LogP contribution in [0.15, 0.2) is 30.3 Å². The van der Waals surface area contributed by atoms with Crippen LogP contribution in [0.3, 0.4) is 0 Å². The molecule has 16 heavy (non-hydrogen) atoms. The molecule has 2 unspecified atom stereocenters. The third-order valence-corrected chi connectivity index (χ3v) is 2.68. The Hall–Kier alpha value is -0.860. The summed E-state index contributed by atoms with van der Waals surface area (Å²) < 4.78 is 5.77. The third kappa shape index (κ3) is 4.33. The van der Waals surface area contributed by atoms with Crippen LogP contribution in [0, 0.1) is 0 Å². The summed E-state index contributed by atoms with van der Waals surface area (Å²) in [7, 11) is 0. The first-order valence-electron chi connectivity index (χ1n) is 6.12. The van der Waals surface area contributed by atoms with Crippen LogP contribution in [0.4, 0.5) is 0 Å². The summed E-state index contributed by atoms with van der Waals surface area (Å²) in [4.78, 5) is 0. The minimum absolute atomic E-state index is 0.118. The molecule has 1 aromatic rings. The second-order valence-electron chi connectivity index (χ2n) is 4.08. The standard InChI is InChI=1S/C14H22O2/c1-3-8-14(16-11-13(15)4-2)12-9-6-5-7-10-12/h5-7,9-10,13-15H,3-4,8,11H2,1-2H3. The van der Waals surface area contributed by atoms with E-state index in [1.807, 2.05) is 25.1 Å². The van der Waals surface area contributed by atoms with Crippen LogP contribution in [-0.2, 0) is 4.74 Å². The Morgan fingerprint density at radius 2 is 1.88 bits per heavy atom. The molecular weight excluding hydrogens is 200 g/mol. The van der Waals surface area contributed by atoms with E-state index in [-0.39, 0.29) is 12.2 Å². The Labute approximate surface area is 98.3 Å². The first kappa shape index (κ1) is 13.2. The van der Waals surface area contributed by atoms with Gasteiger partial charge in [0.2, 0.25) is 0 Å². The molecule has 0 bridgehead atoms. The second kappa shape index (κ2) is 7.42. The highest BCUT2D eigenvalue weighted by Gasteiger charge is 2.12. The Bertz CT molecular complexity index is 271. The van der Waals surface area contributed by atoms with E-state index < -0.39 is 0 Å². The Balaban J connectivity index is 2.54. The van der Waals surface area contributed by atoms with Crippen LogP contribution in [0.25, 0.3) is 0 Å². The zero-order valence-corrected chi connectivity index (χ0v) is 10.2. The molecule has 0 heterocycles. The summed E-state index contributed by atoms with van der Waals surface area (Å²) in [5.41, 5.74) is 1.20. The monoisotopic (exact) mass is 222 g/mol. The van der Waals surface area contributed by atoms with Gasteiger partial charge in [-0.15, -0.1) is 0 Å². The normalized spacial score (nSPS) is 14.7. The van der Waals surface area contributed by atoms with E-state index in [2.05, 4.69) is 19.1 Å². The van der Waals surface area contributed by atoms with E-state index in [0.717, 1.165) is 19.3 Å². The highest BCUT2D eigenvalue weighted by Crippen LogP contribution is 2.22. The lowest BCUT2D eigenvalue weighted by atomic mass is 10.1. The van der Waals surface area contributed by atoms with E-state index in [1.165, 1.54) is 5.56 Å². The van der Waals surface area contributed by atoms with Gasteiger partial charge in [0.1, 0.15) is 0 Å². The van der Waals surface area contributed by atoms with Crippen LogP contribution in [0.2, 0.25) is 0 Å². The van der Waals surface area contributed by atoms with Crippen LogP contribution < -0.4 is 0 Å². The highest BCUT2D eigenvalue weighted by atomic mass is 16.5. The van der Waals surface area contributed by atoms with Crippen molar-refractivity contribution in [3.8, 4) is 0 Å². The lowest BCUT2D eigenvalue weighted by molar-refractivity contribution is -0.0152. The predicted molar refractivity (Wildman–Crippen MR) is 66.3 cm³/mol. The van der Waals surface area contributed by atoms with Gasteiger partial charge in [-0.05, 0) is 18.4 Å². The van der Waals surface area contributed by atoms with Crippen LogP contribution >= 0.6 is 0 Å². The first-order valence-corrected chi connectivity index (χ1v) is 6.12. The SMILES string of the molecule is CCCC(OCC(O)CC)c1ccccc1. The number of hydrogen-bond acceptors (Lipinski definition) is 2. The number of rotatable bonds is 7. The molecule has 1 aromatic carbocycles. The van der Waals surface area contributed by atoms with Gasteiger partial charge in [-0.25, -0.2) is 0 Å². The molecule has 0 amide bonds. The van der Waals surface area contributed by atoms with Gasteiger partial charge in [0.15, 0.2) is 0 Å². The van der Waals surface area contributed by atoms with Crippen LogP contribution in [-0.4, -0.2) is 17.8 Å². The van der Waals surface area contributed by atoms with Gasteiger partial charge in [-0.1, -0.05) is 50.6 Å². The summed E-state index contributed by atoms with van der Waals surface area (Å²) in [6.07, 6.45) is 2.60. The molecule has 0 aliphatic carbocycles. The molecular formula is C14H22O2. The lowest BCUT2D eigenvalue weighted by Crippen LogP contribution is -2.16. The van der Waals surface area contributed by atoms with Gasteiger partial charge in [0, 0.05) is 0 Å². The molecule has 0 saturated carbocycles. The summed E-state index contributed by atoms with van der Waals surface area (Å²) in [5.74, 6) is 0. The minimum atomic E-state index is -0.344. The van der Waals surface area contributed by atoms with Crippen molar-refractivity contribution in [2.45, 2.75) is 45.3 Å². The fourth-order valence-corrected chi connectivity index (χ4v) is 1.62. The number of benzene rings is 1. The van der Waals surface area contributed by atoms with Crippen molar-refractivity contribution in [3.05, 3.63) is 35.9 Å². The van der Waals surface area contributed by atoms with Crippen LogP contribution in [0.5, 0.6) is 0 Å². The molecule has 2 heteroatoms. The summed E-state index contributed by atoms with van der Waals surface area (Å²) in [6, 6.07) is 10.2. The molecule has 0 radical (unpaired) electrons. The summed E-state index contributed by atoms with van der Waals surface area (Å²) in [5, 5.41) is 9.50. The molecule has 1 N–H and O–H groups in total. The quantitative estimate of drug-likeness (QED) is 0.767. The van der Waals surface area contributed by atoms with Gasteiger partial charge in [0.05, 0.1) is 18.8 Å². The Morgan fingerprint density at radius 3 is 2.44 bits per heavy atom. The van der Waals surface area contributed by atoms with Gasteiger partial charge in [-0.2, -0.15) is 0 Å². The fourth-order valence-electron chi connectivity index (χ4n) is 1.62. The van der Waals surface area contributed by atoms with E-state index in [0.29, 0.717) is 6.61 Å². The van der Waals surface area contributed by atoms with Crippen LogP contribution in [0.1, 0.15) is 44.8 Å². The summed E-state index contributed by atoms with van der Waals surface area (Å²) >= 11 is 0. The van der Waals surface area contributed by atoms with E-state index in [9.17, 15) is 5.11 Å². The second-order valence-corrected chi connectivity index (χ2v) is 4.08. The van der Waals surface area contributed by atoms with Gasteiger partial charge in [0.25, 0.3) is 0 Å². The van der Waals surface area contributed by atoms with E-state index >= 15 is 0 Å². The number of aliphatic hydroxyl groups excluding tert-OH is 1. The lowest BCUT2D eigenvalue weighted by Gasteiger charge is -2.19.